The van der Waals surface area contributed by atoms with Crippen LogP contribution < -0.4 is 16.2 Å². The van der Waals surface area contributed by atoms with Crippen LogP contribution in [-0.2, 0) is 13.1 Å². The molecule has 2 aromatic carbocycles. The summed E-state index contributed by atoms with van der Waals surface area (Å²) in [5.41, 5.74) is 9.49. The van der Waals surface area contributed by atoms with E-state index in [4.69, 9.17) is 22.3 Å². The number of nitrogens with zero attached hydrogens (tertiary/aromatic N) is 4. The summed E-state index contributed by atoms with van der Waals surface area (Å²) in [5, 5.41) is 1.67. The Morgan fingerprint density at radius 2 is 1.90 bits per heavy atom. The molecule has 1 saturated heterocycles. The molecule has 0 bridgehead atoms. The highest BCUT2D eigenvalue weighted by molar-refractivity contribution is 6.31. The minimum atomic E-state index is -0.0247. The smallest absolute Gasteiger partial charge is 0.277 e. The Hall–Kier alpha value is -2.83. The highest BCUT2D eigenvalue weighted by Gasteiger charge is 2.26. The maximum absolute atomic E-state index is 13.7. The van der Waals surface area contributed by atoms with Crippen molar-refractivity contribution in [3.8, 4) is 0 Å². The van der Waals surface area contributed by atoms with E-state index in [0.29, 0.717) is 23.6 Å². The summed E-state index contributed by atoms with van der Waals surface area (Å²) < 4.78 is 3.86. The number of para-hydroxylation sites is 1. The summed E-state index contributed by atoms with van der Waals surface area (Å²) in [6, 6.07) is 15.9. The quantitative estimate of drug-likeness (QED) is 0.526. The molecule has 6 nitrogen and oxygen atoms in total. The van der Waals surface area contributed by atoms with Crippen LogP contribution in [0.3, 0.4) is 0 Å². The minimum absolute atomic E-state index is 0.0247. The van der Waals surface area contributed by atoms with E-state index in [2.05, 4.69) is 4.90 Å². The molecule has 0 saturated carbocycles. The molecule has 7 heteroatoms. The Morgan fingerprint density at radius 3 is 2.68 bits per heavy atom. The number of hydrogen-bond donors (Lipinski definition) is 1. The van der Waals surface area contributed by atoms with Crippen LogP contribution in [0.5, 0.6) is 0 Å². The molecule has 0 aliphatic carbocycles. The molecule has 0 amide bonds. The fourth-order valence-electron chi connectivity index (χ4n) is 4.69. The zero-order valence-corrected chi connectivity index (χ0v) is 18.3. The summed E-state index contributed by atoms with van der Waals surface area (Å²) in [6.45, 7) is 4.68. The molecule has 160 valence electrons. The van der Waals surface area contributed by atoms with Gasteiger partial charge in [0.1, 0.15) is 11.0 Å². The van der Waals surface area contributed by atoms with E-state index >= 15 is 0 Å². The van der Waals surface area contributed by atoms with Crippen LogP contribution in [-0.4, -0.2) is 33.2 Å². The highest BCUT2D eigenvalue weighted by Crippen LogP contribution is 2.30. The average Bonchev–Trinajstić information content (AvgIpc) is 3.16. The van der Waals surface area contributed by atoms with Crippen LogP contribution in [0.25, 0.3) is 21.9 Å². The lowest BCUT2D eigenvalue weighted by Crippen LogP contribution is -2.44. The standard InChI is InChI=1S/C24H26ClN5O/c1-2-29-20-12-6-4-10-18(20)21-22(23(29)31)30(14-16-8-3-5-11-19(16)25)24(27-21)28-13-7-9-17(26)15-28/h3-6,8,10-12,17H,2,7,9,13-15,26H2,1H3/t17-/m1/s1. The molecular formula is C24H26ClN5O. The second kappa shape index (κ2) is 8.02. The third-order valence-corrected chi connectivity index (χ3v) is 6.56. The van der Waals surface area contributed by atoms with Crippen molar-refractivity contribution >= 4 is 39.5 Å². The average molecular weight is 436 g/mol. The number of pyridine rings is 1. The zero-order valence-electron chi connectivity index (χ0n) is 17.6. The van der Waals surface area contributed by atoms with E-state index in [0.717, 1.165) is 53.9 Å². The van der Waals surface area contributed by atoms with Gasteiger partial charge in [-0.2, -0.15) is 0 Å². The molecule has 3 heterocycles. The van der Waals surface area contributed by atoms with Gasteiger partial charge in [-0.1, -0.05) is 48.0 Å². The summed E-state index contributed by atoms with van der Waals surface area (Å²) >= 11 is 6.50. The van der Waals surface area contributed by atoms with Gasteiger partial charge in [0.05, 0.1) is 12.1 Å². The molecular weight excluding hydrogens is 410 g/mol. The Bertz CT molecular complexity index is 1330. The van der Waals surface area contributed by atoms with Crippen molar-refractivity contribution < 1.29 is 0 Å². The van der Waals surface area contributed by atoms with Gasteiger partial charge in [0, 0.05) is 36.1 Å². The highest BCUT2D eigenvalue weighted by atomic mass is 35.5. The van der Waals surface area contributed by atoms with Gasteiger partial charge in [-0.25, -0.2) is 4.98 Å². The van der Waals surface area contributed by atoms with Crippen molar-refractivity contribution in [3.05, 3.63) is 69.5 Å². The first-order valence-electron chi connectivity index (χ1n) is 10.8. The molecule has 2 aromatic heterocycles. The number of aryl methyl sites for hydroxylation is 1. The summed E-state index contributed by atoms with van der Waals surface area (Å²) in [7, 11) is 0. The minimum Gasteiger partial charge on any atom is -0.341 e. The summed E-state index contributed by atoms with van der Waals surface area (Å²) in [6.07, 6.45) is 2.02. The molecule has 1 atom stereocenters. The second-order valence-electron chi connectivity index (χ2n) is 8.20. The third kappa shape index (κ3) is 3.40. The Kier molecular flexibility index (Phi) is 5.20. The first kappa shape index (κ1) is 20.1. The lowest BCUT2D eigenvalue weighted by molar-refractivity contribution is 0.495. The van der Waals surface area contributed by atoms with Gasteiger partial charge >= 0.3 is 0 Å². The number of hydrogen-bond acceptors (Lipinski definition) is 4. The van der Waals surface area contributed by atoms with Gasteiger partial charge in [0.15, 0.2) is 0 Å². The number of imidazole rings is 1. The van der Waals surface area contributed by atoms with Crippen LogP contribution in [0.2, 0.25) is 5.02 Å². The number of fused-ring (bicyclic) bond motifs is 3. The fraction of sp³-hybridized carbons (Fsp3) is 0.333. The van der Waals surface area contributed by atoms with E-state index in [1.165, 1.54) is 0 Å². The van der Waals surface area contributed by atoms with Crippen molar-refractivity contribution in [1.82, 2.24) is 14.1 Å². The fourth-order valence-corrected chi connectivity index (χ4v) is 4.88. The van der Waals surface area contributed by atoms with Gasteiger partial charge in [0.25, 0.3) is 5.56 Å². The topological polar surface area (TPSA) is 69.1 Å². The Balaban J connectivity index is 1.82. The number of rotatable bonds is 4. The van der Waals surface area contributed by atoms with Crippen LogP contribution in [0, 0.1) is 0 Å². The molecule has 0 spiro atoms. The molecule has 0 unspecified atom stereocenters. The molecule has 5 rings (SSSR count). The third-order valence-electron chi connectivity index (χ3n) is 6.19. The molecule has 1 aliphatic rings. The Labute approximate surface area is 185 Å². The predicted octanol–water partition coefficient (Wildman–Crippen LogP) is 4.00. The molecule has 1 aliphatic heterocycles. The molecule has 2 N–H and O–H groups in total. The maximum Gasteiger partial charge on any atom is 0.277 e. The maximum atomic E-state index is 13.7. The normalized spacial score (nSPS) is 17.0. The van der Waals surface area contributed by atoms with Crippen LogP contribution in [0.15, 0.2) is 53.3 Å². The Morgan fingerprint density at radius 1 is 1.13 bits per heavy atom. The van der Waals surface area contributed by atoms with E-state index in [1.54, 1.807) is 0 Å². The number of nitrogens with two attached hydrogens (primary N) is 1. The van der Waals surface area contributed by atoms with Crippen molar-refractivity contribution in [2.24, 2.45) is 5.73 Å². The molecule has 1 fully saturated rings. The zero-order chi connectivity index (χ0) is 21.5. The van der Waals surface area contributed by atoms with Crippen LogP contribution in [0.4, 0.5) is 5.95 Å². The lowest BCUT2D eigenvalue weighted by atomic mass is 10.1. The van der Waals surface area contributed by atoms with Gasteiger partial charge in [-0.3, -0.25) is 4.79 Å². The first-order chi connectivity index (χ1) is 15.1. The molecule has 4 aromatic rings. The number of anilines is 1. The van der Waals surface area contributed by atoms with E-state index in [-0.39, 0.29) is 11.6 Å². The SMILES string of the molecule is CCn1c(=O)c2c(nc(N3CCC[C@@H](N)C3)n2Cc2ccccc2Cl)c2ccccc21. The van der Waals surface area contributed by atoms with Gasteiger partial charge in [-0.05, 0) is 37.5 Å². The van der Waals surface area contributed by atoms with Crippen molar-refractivity contribution in [3.63, 3.8) is 0 Å². The van der Waals surface area contributed by atoms with Crippen molar-refractivity contribution in [1.29, 1.82) is 0 Å². The van der Waals surface area contributed by atoms with Crippen molar-refractivity contribution in [2.45, 2.75) is 38.9 Å². The first-order valence-corrected chi connectivity index (χ1v) is 11.2. The summed E-state index contributed by atoms with van der Waals surface area (Å²) in [4.78, 5) is 20.9. The predicted molar refractivity (Wildman–Crippen MR) is 127 cm³/mol. The number of piperidine rings is 1. The summed E-state index contributed by atoms with van der Waals surface area (Å²) in [5.74, 6) is 0.793. The van der Waals surface area contributed by atoms with E-state index in [1.807, 2.05) is 64.6 Å². The number of aromatic nitrogens is 3. The second-order valence-corrected chi connectivity index (χ2v) is 8.61. The van der Waals surface area contributed by atoms with Crippen LogP contribution >= 0.6 is 11.6 Å². The lowest BCUT2D eigenvalue weighted by Gasteiger charge is -2.32. The monoisotopic (exact) mass is 435 g/mol. The molecule has 31 heavy (non-hydrogen) atoms. The van der Waals surface area contributed by atoms with Crippen molar-refractivity contribution in [2.75, 3.05) is 18.0 Å². The van der Waals surface area contributed by atoms with Gasteiger partial charge in [-0.15, -0.1) is 0 Å². The van der Waals surface area contributed by atoms with Gasteiger partial charge < -0.3 is 19.8 Å². The van der Waals surface area contributed by atoms with E-state index < -0.39 is 0 Å². The van der Waals surface area contributed by atoms with Crippen LogP contribution in [0.1, 0.15) is 25.3 Å². The number of benzene rings is 2. The number of halogens is 1. The molecule has 0 radical (unpaired) electrons. The van der Waals surface area contributed by atoms with Gasteiger partial charge in [0.2, 0.25) is 5.95 Å². The van der Waals surface area contributed by atoms with E-state index in [9.17, 15) is 4.79 Å². The largest absolute Gasteiger partial charge is 0.341 e.